The van der Waals surface area contributed by atoms with Gasteiger partial charge < -0.3 is 5.73 Å². The van der Waals surface area contributed by atoms with Crippen LogP contribution < -0.4 is 10.5 Å². The van der Waals surface area contributed by atoms with Gasteiger partial charge in [-0.3, -0.25) is 4.98 Å². The fraction of sp³-hybridized carbons (Fsp3) is 0.643. The van der Waals surface area contributed by atoms with Crippen LogP contribution in [0.1, 0.15) is 39.0 Å². The van der Waals surface area contributed by atoms with Gasteiger partial charge in [0.05, 0.1) is 6.20 Å². The summed E-state index contributed by atoms with van der Waals surface area (Å²) in [4.78, 5) is 3.43. The molecule has 1 aliphatic rings. The molecule has 1 heterocycles. The number of aromatic nitrogens is 1. The number of nitrogens with two attached hydrogens (primary N) is 1. The highest BCUT2D eigenvalue weighted by atomic mass is 32.2. The van der Waals surface area contributed by atoms with Gasteiger partial charge >= 0.3 is 0 Å². The smallest absolute Gasteiger partial charge is 0.242 e. The van der Waals surface area contributed by atoms with Crippen molar-refractivity contribution < 1.29 is 12.8 Å². The Morgan fingerprint density at radius 3 is 2.62 bits per heavy atom. The van der Waals surface area contributed by atoms with Crippen molar-refractivity contribution in [2.75, 3.05) is 6.54 Å². The third kappa shape index (κ3) is 3.78. The molecule has 0 aromatic carbocycles. The maximum atomic E-state index is 13.2. The Kier molecular flexibility index (Phi) is 4.95. The normalized spacial score (nSPS) is 26.7. The molecule has 118 valence electrons. The molecule has 2 rings (SSSR count). The van der Waals surface area contributed by atoms with Crippen LogP contribution in [-0.4, -0.2) is 25.5 Å². The van der Waals surface area contributed by atoms with E-state index in [4.69, 9.17) is 5.73 Å². The minimum Gasteiger partial charge on any atom is -0.329 e. The minimum absolute atomic E-state index is 0.159. The molecule has 5 nitrogen and oxygen atoms in total. The highest BCUT2D eigenvalue weighted by Gasteiger charge is 2.37. The molecule has 3 N–H and O–H groups in total. The maximum absolute atomic E-state index is 13.2. The Morgan fingerprint density at radius 1 is 1.43 bits per heavy atom. The van der Waals surface area contributed by atoms with E-state index in [0.29, 0.717) is 18.8 Å². The number of nitrogens with one attached hydrogen (secondary N) is 1. The largest absolute Gasteiger partial charge is 0.329 e. The van der Waals surface area contributed by atoms with Crippen molar-refractivity contribution in [3.8, 4) is 0 Å². The van der Waals surface area contributed by atoms with Gasteiger partial charge in [0.15, 0.2) is 0 Å². The van der Waals surface area contributed by atoms with Crippen LogP contribution in [0, 0.1) is 11.7 Å². The molecule has 0 radical (unpaired) electrons. The molecule has 21 heavy (non-hydrogen) atoms. The SMILES string of the molecule is CCC1CCC(CN)(NS(=O)(=O)c2cncc(F)c2)CC1. The van der Waals surface area contributed by atoms with Crippen LogP contribution in [0.5, 0.6) is 0 Å². The van der Waals surface area contributed by atoms with Crippen molar-refractivity contribution in [2.45, 2.75) is 49.5 Å². The van der Waals surface area contributed by atoms with Crippen molar-refractivity contribution in [3.05, 3.63) is 24.3 Å². The molecule has 0 saturated heterocycles. The van der Waals surface area contributed by atoms with Gasteiger partial charge in [-0.1, -0.05) is 13.3 Å². The van der Waals surface area contributed by atoms with Crippen LogP contribution in [0.25, 0.3) is 0 Å². The number of sulfonamides is 1. The van der Waals surface area contributed by atoms with Crippen LogP contribution in [0.3, 0.4) is 0 Å². The van der Waals surface area contributed by atoms with E-state index in [0.717, 1.165) is 37.7 Å². The van der Waals surface area contributed by atoms with Gasteiger partial charge in [0.1, 0.15) is 10.7 Å². The molecule has 1 aliphatic carbocycles. The second kappa shape index (κ2) is 6.37. The topological polar surface area (TPSA) is 85.1 Å². The number of hydrogen-bond donors (Lipinski definition) is 2. The molecule has 0 unspecified atom stereocenters. The first-order chi connectivity index (χ1) is 9.91. The molecular formula is C14H22FN3O2S. The van der Waals surface area contributed by atoms with E-state index in [-0.39, 0.29) is 11.4 Å². The van der Waals surface area contributed by atoms with Crippen molar-refractivity contribution >= 4 is 10.0 Å². The first kappa shape index (κ1) is 16.3. The van der Waals surface area contributed by atoms with Crippen molar-refractivity contribution in [3.63, 3.8) is 0 Å². The van der Waals surface area contributed by atoms with Crippen LogP contribution in [0.2, 0.25) is 0 Å². The summed E-state index contributed by atoms with van der Waals surface area (Å²) in [5.74, 6) is -0.0422. The lowest BCUT2D eigenvalue weighted by Gasteiger charge is -2.39. The van der Waals surface area contributed by atoms with Crippen LogP contribution in [0.15, 0.2) is 23.4 Å². The Morgan fingerprint density at radius 2 is 2.10 bits per heavy atom. The average Bonchev–Trinajstić information content (AvgIpc) is 2.47. The standard InChI is InChI=1S/C14H22FN3O2S/c1-2-11-3-5-14(10-16,6-4-11)18-21(19,20)13-7-12(15)8-17-9-13/h7-9,11,18H,2-6,10,16H2,1H3. The van der Waals surface area contributed by atoms with E-state index in [2.05, 4.69) is 16.6 Å². The van der Waals surface area contributed by atoms with E-state index < -0.39 is 21.4 Å². The second-order valence-electron chi connectivity index (χ2n) is 5.78. The quantitative estimate of drug-likeness (QED) is 0.867. The highest BCUT2D eigenvalue weighted by Crippen LogP contribution is 2.34. The summed E-state index contributed by atoms with van der Waals surface area (Å²) in [6.07, 6.45) is 6.56. The van der Waals surface area contributed by atoms with E-state index >= 15 is 0 Å². The van der Waals surface area contributed by atoms with Gasteiger partial charge in [0, 0.05) is 18.3 Å². The third-order valence-corrected chi connectivity index (χ3v) is 5.92. The summed E-state index contributed by atoms with van der Waals surface area (Å²) < 4.78 is 40.6. The van der Waals surface area contributed by atoms with Gasteiger partial charge in [-0.05, 0) is 37.7 Å². The Labute approximate surface area is 125 Å². The molecule has 1 aromatic heterocycles. The lowest BCUT2D eigenvalue weighted by molar-refractivity contribution is 0.217. The van der Waals surface area contributed by atoms with E-state index in [1.54, 1.807) is 0 Å². The molecule has 0 bridgehead atoms. The molecule has 1 aromatic rings. The molecule has 1 saturated carbocycles. The first-order valence-corrected chi connectivity index (χ1v) is 8.74. The predicted molar refractivity (Wildman–Crippen MR) is 78.6 cm³/mol. The molecule has 0 amide bonds. The zero-order chi connectivity index (χ0) is 15.5. The van der Waals surface area contributed by atoms with Gasteiger partial charge in [-0.15, -0.1) is 0 Å². The number of hydrogen-bond acceptors (Lipinski definition) is 4. The predicted octanol–water partition coefficient (Wildman–Crippen LogP) is 1.80. The van der Waals surface area contributed by atoms with Crippen LogP contribution >= 0.6 is 0 Å². The zero-order valence-corrected chi connectivity index (χ0v) is 13.0. The number of nitrogens with zero attached hydrogens (tertiary/aromatic N) is 1. The Hall–Kier alpha value is -1.05. The molecular weight excluding hydrogens is 293 g/mol. The molecule has 0 spiro atoms. The second-order valence-corrected chi connectivity index (χ2v) is 7.46. The highest BCUT2D eigenvalue weighted by molar-refractivity contribution is 7.89. The van der Waals surface area contributed by atoms with Gasteiger partial charge in [-0.25, -0.2) is 17.5 Å². The number of halogens is 1. The fourth-order valence-electron chi connectivity index (χ4n) is 2.87. The van der Waals surface area contributed by atoms with E-state index in [1.807, 2.05) is 0 Å². The van der Waals surface area contributed by atoms with E-state index in [1.165, 1.54) is 0 Å². The third-order valence-electron chi connectivity index (χ3n) is 4.37. The first-order valence-electron chi connectivity index (χ1n) is 7.25. The summed E-state index contributed by atoms with van der Waals surface area (Å²) >= 11 is 0. The van der Waals surface area contributed by atoms with Crippen LogP contribution in [0.4, 0.5) is 4.39 Å². The van der Waals surface area contributed by atoms with Gasteiger partial charge in [-0.2, -0.15) is 0 Å². The molecule has 7 heteroatoms. The lowest BCUT2D eigenvalue weighted by Crippen LogP contribution is -2.55. The Bertz CT molecular complexity index is 584. The Balaban J connectivity index is 2.18. The molecule has 0 aliphatic heterocycles. The summed E-state index contributed by atoms with van der Waals surface area (Å²) in [5, 5.41) is 0. The summed E-state index contributed by atoms with van der Waals surface area (Å²) in [5.41, 5.74) is 5.20. The average molecular weight is 315 g/mol. The van der Waals surface area contributed by atoms with Gasteiger partial charge in [0.25, 0.3) is 0 Å². The monoisotopic (exact) mass is 315 g/mol. The molecule has 1 fully saturated rings. The van der Waals surface area contributed by atoms with Crippen molar-refractivity contribution in [2.24, 2.45) is 11.7 Å². The van der Waals surface area contributed by atoms with Crippen LogP contribution in [-0.2, 0) is 10.0 Å². The summed E-state index contributed by atoms with van der Waals surface area (Å²) in [6.45, 7) is 2.38. The number of pyridine rings is 1. The zero-order valence-electron chi connectivity index (χ0n) is 12.2. The number of rotatable bonds is 5. The lowest BCUT2D eigenvalue weighted by atomic mass is 9.76. The minimum atomic E-state index is -3.81. The fourth-order valence-corrected chi connectivity index (χ4v) is 4.31. The maximum Gasteiger partial charge on any atom is 0.242 e. The van der Waals surface area contributed by atoms with E-state index in [9.17, 15) is 12.8 Å². The van der Waals surface area contributed by atoms with Crippen molar-refractivity contribution in [1.29, 1.82) is 0 Å². The molecule has 0 atom stereocenters. The van der Waals surface area contributed by atoms with Crippen molar-refractivity contribution in [1.82, 2.24) is 9.71 Å². The van der Waals surface area contributed by atoms with Gasteiger partial charge in [0.2, 0.25) is 10.0 Å². The summed E-state index contributed by atoms with van der Waals surface area (Å²) in [7, 11) is -3.81. The summed E-state index contributed by atoms with van der Waals surface area (Å²) in [6, 6.07) is 0.969.